The van der Waals surface area contributed by atoms with E-state index in [4.69, 9.17) is 0 Å². The van der Waals surface area contributed by atoms with Crippen LogP contribution in [0.4, 0.5) is 17.1 Å². The highest BCUT2D eigenvalue weighted by atomic mass is 15.1. The van der Waals surface area contributed by atoms with Crippen LogP contribution >= 0.6 is 0 Å². The van der Waals surface area contributed by atoms with Gasteiger partial charge in [0.1, 0.15) is 0 Å². The van der Waals surface area contributed by atoms with Crippen molar-refractivity contribution >= 4 is 27.8 Å². The van der Waals surface area contributed by atoms with Crippen LogP contribution in [0.25, 0.3) is 77.5 Å². The number of hydrogen-bond acceptors (Lipinski definition) is 1. The normalized spacial score (nSPS) is 13.4. The molecule has 0 heterocycles. The molecule has 0 fully saturated rings. The van der Waals surface area contributed by atoms with E-state index in [2.05, 4.69) is 304 Å². The van der Waals surface area contributed by atoms with E-state index >= 15 is 0 Å². The van der Waals surface area contributed by atoms with Crippen LogP contribution in [0.5, 0.6) is 0 Å². The van der Waals surface area contributed by atoms with E-state index in [1.807, 2.05) is 0 Å². The Labute approximate surface area is 440 Å². The van der Waals surface area contributed by atoms with E-state index in [0.717, 1.165) is 17.1 Å². The summed E-state index contributed by atoms with van der Waals surface area (Å²) in [5, 5.41) is 2.51. The molecule has 0 bridgehead atoms. The number of anilines is 3. The van der Waals surface area contributed by atoms with Crippen LogP contribution < -0.4 is 4.90 Å². The molecule has 0 saturated carbocycles. The van der Waals surface area contributed by atoms with Crippen molar-refractivity contribution < 1.29 is 0 Å². The number of benzene rings is 12. The van der Waals surface area contributed by atoms with Crippen LogP contribution in [0.2, 0.25) is 0 Å². The molecule has 75 heavy (non-hydrogen) atoms. The predicted octanol–water partition coefficient (Wildman–Crippen LogP) is 19.6. The number of rotatable bonds is 9. The second-order valence-electron chi connectivity index (χ2n) is 20.8. The molecule has 2 aliphatic rings. The lowest BCUT2D eigenvalue weighted by atomic mass is 9.67. The fourth-order valence-corrected chi connectivity index (χ4v) is 12.7. The van der Waals surface area contributed by atoms with Gasteiger partial charge in [-0.1, -0.05) is 244 Å². The number of nitrogens with zero attached hydrogens (tertiary/aromatic N) is 1. The Morgan fingerprint density at radius 3 is 1.36 bits per heavy atom. The van der Waals surface area contributed by atoms with Crippen molar-refractivity contribution in [1.29, 1.82) is 0 Å². The van der Waals surface area contributed by atoms with Crippen molar-refractivity contribution in [2.24, 2.45) is 0 Å². The van der Waals surface area contributed by atoms with Gasteiger partial charge in [0, 0.05) is 22.5 Å². The first kappa shape index (κ1) is 44.4. The molecular formula is C74H53N. The summed E-state index contributed by atoms with van der Waals surface area (Å²) in [5.41, 5.74) is 25.5. The van der Waals surface area contributed by atoms with Crippen LogP contribution in [0, 0.1) is 0 Å². The van der Waals surface area contributed by atoms with Crippen LogP contribution in [-0.4, -0.2) is 0 Å². The van der Waals surface area contributed by atoms with Gasteiger partial charge in [-0.3, -0.25) is 0 Å². The summed E-state index contributed by atoms with van der Waals surface area (Å²) in [7, 11) is 0. The van der Waals surface area contributed by atoms with Crippen molar-refractivity contribution in [3.8, 4) is 66.8 Å². The van der Waals surface area contributed by atoms with Gasteiger partial charge < -0.3 is 4.90 Å². The Hall–Kier alpha value is -9.30. The second-order valence-corrected chi connectivity index (χ2v) is 20.8. The third-order valence-corrected chi connectivity index (χ3v) is 16.3. The summed E-state index contributed by atoms with van der Waals surface area (Å²) >= 11 is 0. The molecule has 0 saturated heterocycles. The van der Waals surface area contributed by atoms with E-state index in [0.29, 0.717) is 0 Å². The Balaban J connectivity index is 0.851. The second kappa shape index (κ2) is 17.7. The Morgan fingerprint density at radius 2 is 0.707 bits per heavy atom. The average Bonchev–Trinajstić information content (AvgIpc) is 4.04. The maximum absolute atomic E-state index is 2.43. The van der Waals surface area contributed by atoms with Crippen molar-refractivity contribution in [3.05, 3.63) is 318 Å². The molecule has 12 aromatic carbocycles. The van der Waals surface area contributed by atoms with E-state index in [-0.39, 0.29) is 5.41 Å². The molecule has 14 rings (SSSR count). The SMILES string of the molecule is CC1(C)c2ccccc2-c2ccc(N(c3ccc(-c4cccc(-c5cccc(-c6ccc7ccccc7c6)c5)c4)cc3)c3ccc(-c4cccc5c4-c4ccccc4C5(c4ccccc4)c4ccccc4)cc3)cc21. The molecule has 0 aromatic heterocycles. The van der Waals surface area contributed by atoms with Crippen molar-refractivity contribution in [3.63, 3.8) is 0 Å². The Kier molecular flexibility index (Phi) is 10.5. The molecular weight excluding hydrogens is 903 g/mol. The number of fused-ring (bicyclic) bond motifs is 7. The van der Waals surface area contributed by atoms with Gasteiger partial charge in [-0.25, -0.2) is 0 Å². The summed E-state index contributed by atoms with van der Waals surface area (Å²) in [4.78, 5) is 2.43. The van der Waals surface area contributed by atoms with Gasteiger partial charge in [0.25, 0.3) is 0 Å². The minimum atomic E-state index is -0.459. The molecule has 1 nitrogen and oxygen atoms in total. The summed E-state index contributed by atoms with van der Waals surface area (Å²) in [5.74, 6) is 0. The first-order valence-electron chi connectivity index (χ1n) is 26.2. The van der Waals surface area contributed by atoms with E-state index in [9.17, 15) is 0 Å². The molecule has 0 N–H and O–H groups in total. The molecule has 2 aliphatic carbocycles. The standard InChI is InChI=1S/C74H53N/c1-73(2)68-31-13-11-28-65(68)66-45-44-63(49-71(66)73)75(61-40-36-51(37-41-61)54-20-15-21-55(46-54)56-22-16-23-57(48-56)58-35-34-50-18-9-10-19-53(50)47-58)62-42-38-52(39-43-62)64-30-17-33-70-72(64)67-29-12-14-32-69(67)74(70,59-24-5-3-6-25-59)60-26-7-4-8-27-60/h3-49H,1-2H3. The van der Waals surface area contributed by atoms with Crippen molar-refractivity contribution in [2.45, 2.75) is 24.7 Å². The number of hydrogen-bond donors (Lipinski definition) is 0. The average molecular weight is 956 g/mol. The molecule has 0 radical (unpaired) electrons. The maximum Gasteiger partial charge on any atom is 0.0713 e. The molecule has 0 aliphatic heterocycles. The zero-order chi connectivity index (χ0) is 50.1. The van der Waals surface area contributed by atoms with Gasteiger partial charge in [-0.15, -0.1) is 0 Å². The van der Waals surface area contributed by atoms with Crippen LogP contribution in [0.15, 0.2) is 285 Å². The third-order valence-electron chi connectivity index (χ3n) is 16.3. The monoisotopic (exact) mass is 955 g/mol. The maximum atomic E-state index is 2.43. The van der Waals surface area contributed by atoms with Gasteiger partial charge >= 0.3 is 0 Å². The van der Waals surface area contributed by atoms with Gasteiger partial charge in [0.05, 0.1) is 5.41 Å². The quantitative estimate of drug-likeness (QED) is 0.139. The van der Waals surface area contributed by atoms with Crippen LogP contribution in [-0.2, 0) is 10.8 Å². The first-order chi connectivity index (χ1) is 36.9. The van der Waals surface area contributed by atoms with Crippen LogP contribution in [0.3, 0.4) is 0 Å². The lowest BCUT2D eigenvalue weighted by Gasteiger charge is -2.34. The Morgan fingerprint density at radius 1 is 0.253 bits per heavy atom. The highest BCUT2D eigenvalue weighted by Gasteiger charge is 2.46. The van der Waals surface area contributed by atoms with Crippen molar-refractivity contribution in [1.82, 2.24) is 0 Å². The first-order valence-corrected chi connectivity index (χ1v) is 26.2. The molecule has 0 spiro atoms. The lowest BCUT2D eigenvalue weighted by molar-refractivity contribution is 0.660. The molecule has 12 aromatic rings. The highest BCUT2D eigenvalue weighted by Crippen LogP contribution is 2.58. The van der Waals surface area contributed by atoms with E-state index in [1.54, 1.807) is 0 Å². The van der Waals surface area contributed by atoms with Gasteiger partial charge in [0.15, 0.2) is 0 Å². The summed E-state index contributed by atoms with van der Waals surface area (Å²) in [6.45, 7) is 4.73. The zero-order valence-electron chi connectivity index (χ0n) is 42.1. The fourth-order valence-electron chi connectivity index (χ4n) is 12.7. The fraction of sp³-hybridized carbons (Fsp3) is 0.0541. The summed E-state index contributed by atoms with van der Waals surface area (Å²) < 4.78 is 0. The molecule has 0 amide bonds. The summed E-state index contributed by atoms with van der Waals surface area (Å²) in [6, 6.07) is 106. The smallest absolute Gasteiger partial charge is 0.0713 e. The largest absolute Gasteiger partial charge is 0.310 e. The molecule has 0 unspecified atom stereocenters. The van der Waals surface area contributed by atoms with Crippen LogP contribution in [0.1, 0.15) is 47.2 Å². The highest BCUT2D eigenvalue weighted by molar-refractivity contribution is 5.96. The molecule has 354 valence electrons. The van der Waals surface area contributed by atoms with Gasteiger partial charge in [0.2, 0.25) is 0 Å². The minimum Gasteiger partial charge on any atom is -0.310 e. The lowest BCUT2D eigenvalue weighted by Crippen LogP contribution is -2.28. The zero-order valence-corrected chi connectivity index (χ0v) is 42.1. The van der Waals surface area contributed by atoms with Gasteiger partial charge in [-0.05, 0) is 166 Å². The molecule has 0 atom stereocenters. The van der Waals surface area contributed by atoms with Gasteiger partial charge in [-0.2, -0.15) is 0 Å². The Bertz CT molecular complexity index is 4090. The molecule has 1 heteroatoms. The summed E-state index contributed by atoms with van der Waals surface area (Å²) in [6.07, 6.45) is 0. The van der Waals surface area contributed by atoms with E-state index in [1.165, 1.54) is 111 Å². The predicted molar refractivity (Wildman–Crippen MR) is 315 cm³/mol. The van der Waals surface area contributed by atoms with Crippen molar-refractivity contribution in [2.75, 3.05) is 4.90 Å². The van der Waals surface area contributed by atoms with E-state index < -0.39 is 5.41 Å². The third kappa shape index (κ3) is 7.22. The topological polar surface area (TPSA) is 3.24 Å². The minimum absolute atomic E-state index is 0.139.